The molecule has 0 spiro atoms. The van der Waals surface area contributed by atoms with E-state index in [4.69, 9.17) is 0 Å². The molecule has 0 bridgehead atoms. The first-order valence-corrected chi connectivity index (χ1v) is 5.86. The Balaban J connectivity index is 2.48. The van der Waals surface area contributed by atoms with Crippen molar-refractivity contribution in [3.63, 3.8) is 0 Å². The largest absolute Gasteiger partial charge is 0.355 e. The summed E-state index contributed by atoms with van der Waals surface area (Å²) in [6.07, 6.45) is 4.81. The number of H-pyrrole nitrogens is 1. The molecule has 0 saturated carbocycles. The summed E-state index contributed by atoms with van der Waals surface area (Å²) in [6, 6.07) is 1.52. The first kappa shape index (κ1) is 12.3. The molecular formula is C11H15N5O2. The van der Waals surface area contributed by atoms with Crippen LogP contribution in [0.15, 0.2) is 28.0 Å². The highest BCUT2D eigenvalue weighted by atomic mass is 16.2. The van der Waals surface area contributed by atoms with E-state index in [1.165, 1.54) is 4.68 Å². The second-order valence-electron chi connectivity index (χ2n) is 4.11. The van der Waals surface area contributed by atoms with E-state index in [2.05, 4.69) is 15.1 Å². The van der Waals surface area contributed by atoms with E-state index in [0.29, 0.717) is 0 Å². The predicted octanol–water partition coefficient (Wildman–Crippen LogP) is 0.478. The molecule has 18 heavy (non-hydrogen) atoms. The summed E-state index contributed by atoms with van der Waals surface area (Å²) >= 11 is 0. The second-order valence-corrected chi connectivity index (χ2v) is 4.11. The summed E-state index contributed by atoms with van der Waals surface area (Å²) in [5.74, 6) is 0.134. The van der Waals surface area contributed by atoms with Crippen LogP contribution in [0.1, 0.15) is 32.7 Å². The van der Waals surface area contributed by atoms with Crippen LogP contribution < -0.4 is 11.4 Å². The summed E-state index contributed by atoms with van der Waals surface area (Å²) in [5.41, 5.74) is -1.01. The van der Waals surface area contributed by atoms with Gasteiger partial charge in [0.1, 0.15) is 0 Å². The van der Waals surface area contributed by atoms with Gasteiger partial charge >= 0.3 is 11.4 Å². The zero-order valence-electron chi connectivity index (χ0n) is 10.3. The fourth-order valence-electron chi connectivity index (χ4n) is 1.85. The molecule has 2 aromatic heterocycles. The quantitative estimate of drug-likeness (QED) is 0.853. The van der Waals surface area contributed by atoms with Crippen LogP contribution in [0, 0.1) is 0 Å². The van der Waals surface area contributed by atoms with Gasteiger partial charge in [-0.3, -0.25) is 4.98 Å². The summed E-state index contributed by atoms with van der Waals surface area (Å²) < 4.78 is 2.48. The smallest absolute Gasteiger partial charge is 0.275 e. The highest BCUT2D eigenvalue weighted by Gasteiger charge is 2.12. The Labute approximate surface area is 103 Å². The molecule has 2 heterocycles. The second kappa shape index (κ2) is 4.99. The number of hydrogen-bond donors (Lipinski definition) is 1. The van der Waals surface area contributed by atoms with Gasteiger partial charge in [0.25, 0.3) is 0 Å². The third-order valence-electron chi connectivity index (χ3n) is 2.71. The van der Waals surface area contributed by atoms with Gasteiger partial charge in [0.15, 0.2) is 0 Å². The van der Waals surface area contributed by atoms with Gasteiger partial charge in [-0.25, -0.2) is 18.8 Å². The molecule has 0 aliphatic rings. The number of aromatic nitrogens is 5. The molecule has 0 saturated heterocycles. The highest BCUT2D eigenvalue weighted by molar-refractivity contribution is 5.05. The molecule has 96 valence electrons. The topological polar surface area (TPSA) is 85.6 Å². The monoisotopic (exact) mass is 249 g/mol. The molecular weight excluding hydrogens is 234 g/mol. The molecule has 2 rings (SSSR count). The fraction of sp³-hybridized carbons (Fsp3) is 0.455. The Morgan fingerprint density at radius 3 is 2.78 bits per heavy atom. The molecule has 0 aliphatic heterocycles. The van der Waals surface area contributed by atoms with E-state index in [9.17, 15) is 9.59 Å². The van der Waals surface area contributed by atoms with E-state index in [1.807, 2.05) is 13.8 Å². The van der Waals surface area contributed by atoms with Crippen molar-refractivity contribution in [1.82, 2.24) is 24.3 Å². The molecule has 1 unspecified atom stereocenters. The minimum Gasteiger partial charge on any atom is -0.275 e. The summed E-state index contributed by atoms with van der Waals surface area (Å²) in [5, 5.41) is 3.92. The van der Waals surface area contributed by atoms with E-state index in [-0.39, 0.29) is 12.0 Å². The van der Waals surface area contributed by atoms with Crippen LogP contribution in [0.25, 0.3) is 5.95 Å². The molecule has 2 aromatic rings. The summed E-state index contributed by atoms with van der Waals surface area (Å²) in [7, 11) is 0. The first-order chi connectivity index (χ1) is 8.63. The van der Waals surface area contributed by atoms with Crippen molar-refractivity contribution < 1.29 is 0 Å². The standard InChI is InChI=1S/C11H15N5O2/c1-3-5-8(2)16-10(17)13-9(14-11(16)18)15-7-4-6-12-15/h4,6-8H,3,5H2,1-2H3,(H,13,14,17,18). The molecule has 7 nitrogen and oxygen atoms in total. The number of rotatable bonds is 4. The van der Waals surface area contributed by atoms with Gasteiger partial charge in [-0.15, -0.1) is 0 Å². The Kier molecular flexibility index (Phi) is 3.40. The Morgan fingerprint density at radius 1 is 1.44 bits per heavy atom. The molecule has 0 amide bonds. The van der Waals surface area contributed by atoms with Crippen LogP contribution in [-0.4, -0.2) is 24.3 Å². The average molecular weight is 249 g/mol. The van der Waals surface area contributed by atoms with Gasteiger partial charge < -0.3 is 0 Å². The normalized spacial score (nSPS) is 12.6. The Morgan fingerprint density at radius 2 is 2.22 bits per heavy atom. The van der Waals surface area contributed by atoms with E-state index in [0.717, 1.165) is 17.4 Å². The lowest BCUT2D eigenvalue weighted by molar-refractivity contribution is 0.452. The first-order valence-electron chi connectivity index (χ1n) is 5.86. The molecule has 0 aliphatic carbocycles. The molecule has 0 aromatic carbocycles. The SMILES string of the molecule is CCCC(C)n1c(=O)nc(-n2cccn2)[nH]c1=O. The Bertz CT molecular complexity index is 594. The van der Waals surface area contributed by atoms with E-state index < -0.39 is 11.4 Å². The van der Waals surface area contributed by atoms with Crippen molar-refractivity contribution in [3.8, 4) is 5.95 Å². The van der Waals surface area contributed by atoms with E-state index >= 15 is 0 Å². The summed E-state index contributed by atoms with van der Waals surface area (Å²) in [4.78, 5) is 30.1. The molecule has 7 heteroatoms. The lowest BCUT2D eigenvalue weighted by atomic mass is 10.2. The third kappa shape index (κ3) is 2.24. The zero-order valence-corrected chi connectivity index (χ0v) is 10.3. The van der Waals surface area contributed by atoms with Crippen molar-refractivity contribution in [3.05, 3.63) is 39.4 Å². The van der Waals surface area contributed by atoms with Gasteiger partial charge in [0.2, 0.25) is 5.95 Å². The lowest BCUT2D eigenvalue weighted by Crippen LogP contribution is -2.40. The zero-order chi connectivity index (χ0) is 13.1. The van der Waals surface area contributed by atoms with Crippen LogP contribution in [0.5, 0.6) is 0 Å². The molecule has 1 N–H and O–H groups in total. The highest BCUT2D eigenvalue weighted by Crippen LogP contribution is 2.06. The number of aromatic amines is 1. The van der Waals surface area contributed by atoms with Crippen LogP contribution in [0.3, 0.4) is 0 Å². The fourth-order valence-corrected chi connectivity index (χ4v) is 1.85. The van der Waals surface area contributed by atoms with Gasteiger partial charge in [0, 0.05) is 18.4 Å². The molecule has 0 fully saturated rings. The number of nitrogens with zero attached hydrogens (tertiary/aromatic N) is 4. The molecule has 1 atom stereocenters. The Hall–Kier alpha value is -2.18. The average Bonchev–Trinajstić information content (AvgIpc) is 2.81. The van der Waals surface area contributed by atoms with Crippen molar-refractivity contribution in [2.24, 2.45) is 0 Å². The van der Waals surface area contributed by atoms with Crippen LogP contribution in [-0.2, 0) is 0 Å². The van der Waals surface area contributed by atoms with Gasteiger partial charge in [-0.1, -0.05) is 13.3 Å². The van der Waals surface area contributed by atoms with Gasteiger partial charge in [-0.2, -0.15) is 10.1 Å². The maximum absolute atomic E-state index is 11.9. The predicted molar refractivity (Wildman–Crippen MR) is 65.9 cm³/mol. The minimum absolute atomic E-state index is 0.134. The van der Waals surface area contributed by atoms with Crippen molar-refractivity contribution >= 4 is 0 Å². The van der Waals surface area contributed by atoms with Crippen molar-refractivity contribution in [2.75, 3.05) is 0 Å². The number of hydrogen-bond acceptors (Lipinski definition) is 4. The van der Waals surface area contributed by atoms with Crippen LogP contribution >= 0.6 is 0 Å². The minimum atomic E-state index is -0.551. The lowest BCUT2D eigenvalue weighted by Gasteiger charge is -2.12. The van der Waals surface area contributed by atoms with Gasteiger partial charge in [-0.05, 0) is 19.4 Å². The number of nitrogens with one attached hydrogen (secondary N) is 1. The maximum Gasteiger partial charge on any atom is 0.355 e. The third-order valence-corrected chi connectivity index (χ3v) is 2.71. The van der Waals surface area contributed by atoms with Gasteiger partial charge in [0.05, 0.1) is 0 Å². The molecule has 0 radical (unpaired) electrons. The van der Waals surface area contributed by atoms with Crippen molar-refractivity contribution in [1.29, 1.82) is 0 Å². The summed E-state index contributed by atoms with van der Waals surface area (Å²) in [6.45, 7) is 3.83. The van der Waals surface area contributed by atoms with Crippen LogP contribution in [0.4, 0.5) is 0 Å². The van der Waals surface area contributed by atoms with Crippen LogP contribution in [0.2, 0.25) is 0 Å². The van der Waals surface area contributed by atoms with E-state index in [1.54, 1.807) is 18.5 Å². The maximum atomic E-state index is 11.9. The van der Waals surface area contributed by atoms with Crippen molar-refractivity contribution in [2.45, 2.75) is 32.7 Å².